The van der Waals surface area contributed by atoms with E-state index in [0.717, 1.165) is 12.1 Å². The zero-order valence-electron chi connectivity index (χ0n) is 11.2. The quantitative estimate of drug-likeness (QED) is 0.910. The van der Waals surface area contributed by atoms with Gasteiger partial charge in [0, 0.05) is 25.7 Å². The molecule has 5 nitrogen and oxygen atoms in total. The van der Waals surface area contributed by atoms with E-state index in [2.05, 4.69) is 10.1 Å². The van der Waals surface area contributed by atoms with Crippen LogP contribution in [-0.2, 0) is 10.0 Å². The minimum atomic E-state index is -3.71. The van der Waals surface area contributed by atoms with Crippen LogP contribution in [0.5, 0.6) is 5.75 Å². The molecule has 0 aromatic heterocycles. The van der Waals surface area contributed by atoms with Gasteiger partial charge in [0.15, 0.2) is 0 Å². The molecular weight excluding hydrogens is 326 g/mol. The van der Waals surface area contributed by atoms with Gasteiger partial charge in [-0.3, -0.25) is 0 Å². The molecule has 9 heteroatoms. The van der Waals surface area contributed by atoms with Crippen molar-refractivity contribution in [3.05, 3.63) is 23.2 Å². The molecule has 1 heterocycles. The highest BCUT2D eigenvalue weighted by molar-refractivity contribution is 7.89. The molecule has 0 saturated carbocycles. The van der Waals surface area contributed by atoms with Gasteiger partial charge in [-0.05, 0) is 25.1 Å². The van der Waals surface area contributed by atoms with Gasteiger partial charge in [0.2, 0.25) is 10.0 Å². The summed E-state index contributed by atoms with van der Waals surface area (Å²) in [6.07, 6.45) is 0. The number of nitrogens with one attached hydrogen (secondary N) is 1. The van der Waals surface area contributed by atoms with Crippen LogP contribution in [0, 0.1) is 0 Å². The molecular formula is C12H15ClF2N2O3S. The van der Waals surface area contributed by atoms with Crippen molar-refractivity contribution in [1.29, 1.82) is 0 Å². The maximum absolute atomic E-state index is 12.5. The molecule has 1 N–H and O–H groups in total. The molecule has 0 spiro atoms. The third-order valence-electron chi connectivity index (χ3n) is 3.17. The number of hydrogen-bond donors (Lipinski definition) is 1. The third-order valence-corrected chi connectivity index (χ3v) is 5.47. The Morgan fingerprint density at radius 2 is 2.19 bits per heavy atom. The van der Waals surface area contributed by atoms with E-state index in [1.54, 1.807) is 6.92 Å². The smallest absolute Gasteiger partial charge is 0.387 e. The first-order valence-electron chi connectivity index (χ1n) is 6.29. The number of halogens is 3. The van der Waals surface area contributed by atoms with E-state index in [9.17, 15) is 17.2 Å². The van der Waals surface area contributed by atoms with Crippen LogP contribution < -0.4 is 10.1 Å². The molecule has 0 unspecified atom stereocenters. The van der Waals surface area contributed by atoms with Gasteiger partial charge in [-0.2, -0.15) is 13.1 Å². The highest BCUT2D eigenvalue weighted by atomic mass is 35.5. The first kappa shape index (κ1) is 16.4. The fourth-order valence-electron chi connectivity index (χ4n) is 2.15. The number of piperazine rings is 1. The van der Waals surface area contributed by atoms with Gasteiger partial charge in [-0.15, -0.1) is 0 Å². The lowest BCUT2D eigenvalue weighted by atomic mass is 10.3. The Labute approximate surface area is 126 Å². The van der Waals surface area contributed by atoms with Crippen LogP contribution >= 0.6 is 11.6 Å². The molecule has 0 bridgehead atoms. The van der Waals surface area contributed by atoms with E-state index in [4.69, 9.17) is 11.6 Å². The number of sulfonamides is 1. The molecule has 21 heavy (non-hydrogen) atoms. The number of benzene rings is 1. The second-order valence-corrected chi connectivity index (χ2v) is 6.94. The second-order valence-electron chi connectivity index (χ2n) is 4.64. The van der Waals surface area contributed by atoms with Crippen LogP contribution in [0.1, 0.15) is 6.92 Å². The molecule has 2 rings (SSSR count). The SMILES string of the molecule is C[C@@H]1CNCCN1S(=O)(=O)c1ccc(OC(F)F)c(Cl)c1. The van der Waals surface area contributed by atoms with Crippen LogP contribution in [0.4, 0.5) is 8.78 Å². The molecule has 1 saturated heterocycles. The van der Waals surface area contributed by atoms with Crippen molar-refractivity contribution >= 4 is 21.6 Å². The second kappa shape index (κ2) is 6.43. The summed E-state index contributed by atoms with van der Waals surface area (Å²) in [5.74, 6) is -0.251. The van der Waals surface area contributed by atoms with Crippen molar-refractivity contribution < 1.29 is 21.9 Å². The fraction of sp³-hybridized carbons (Fsp3) is 0.500. The lowest BCUT2D eigenvalue weighted by Gasteiger charge is -2.32. The van der Waals surface area contributed by atoms with E-state index in [-0.39, 0.29) is 21.7 Å². The van der Waals surface area contributed by atoms with Crippen molar-refractivity contribution in [3.63, 3.8) is 0 Å². The van der Waals surface area contributed by atoms with Gasteiger partial charge in [0.25, 0.3) is 0 Å². The van der Waals surface area contributed by atoms with E-state index in [1.165, 1.54) is 10.4 Å². The van der Waals surface area contributed by atoms with Crippen LogP contribution in [0.25, 0.3) is 0 Å². The van der Waals surface area contributed by atoms with Crippen LogP contribution in [-0.4, -0.2) is 45.0 Å². The molecule has 1 aromatic rings. The van der Waals surface area contributed by atoms with Gasteiger partial charge in [-0.25, -0.2) is 8.42 Å². The summed E-state index contributed by atoms with van der Waals surface area (Å²) < 4.78 is 55.0. The van der Waals surface area contributed by atoms with E-state index in [1.807, 2.05) is 0 Å². The molecule has 1 aliphatic rings. The third kappa shape index (κ3) is 3.63. The standard InChI is InChI=1S/C12H15ClF2N2O3S/c1-8-7-16-4-5-17(8)21(18,19)9-2-3-11(10(13)6-9)20-12(14)15/h2-3,6,8,12,16H,4-5,7H2,1H3/t8-/m1/s1. The Bertz CT molecular complexity index is 613. The van der Waals surface area contributed by atoms with Crippen LogP contribution in [0.2, 0.25) is 5.02 Å². The number of ether oxygens (including phenoxy) is 1. The summed E-state index contributed by atoms with van der Waals surface area (Å²) >= 11 is 5.80. The summed E-state index contributed by atoms with van der Waals surface area (Å²) in [5.41, 5.74) is 0. The molecule has 0 aliphatic carbocycles. The lowest BCUT2D eigenvalue weighted by Crippen LogP contribution is -2.52. The predicted octanol–water partition coefficient (Wildman–Crippen LogP) is 1.92. The zero-order chi connectivity index (χ0) is 15.6. The first-order chi connectivity index (χ1) is 9.82. The molecule has 0 amide bonds. The van der Waals surface area contributed by atoms with Gasteiger partial charge in [0.1, 0.15) is 5.75 Å². The molecule has 1 aromatic carbocycles. The van der Waals surface area contributed by atoms with Gasteiger partial charge in [-0.1, -0.05) is 11.6 Å². The Morgan fingerprint density at radius 3 is 2.76 bits per heavy atom. The van der Waals surface area contributed by atoms with Crippen molar-refractivity contribution in [2.45, 2.75) is 24.5 Å². The van der Waals surface area contributed by atoms with E-state index in [0.29, 0.717) is 19.6 Å². The first-order valence-corrected chi connectivity index (χ1v) is 8.11. The fourth-order valence-corrected chi connectivity index (χ4v) is 4.10. The summed E-state index contributed by atoms with van der Waals surface area (Å²) in [5, 5.41) is 2.93. The highest BCUT2D eigenvalue weighted by Gasteiger charge is 2.31. The summed E-state index contributed by atoms with van der Waals surface area (Å²) in [4.78, 5) is -0.0390. The average Bonchev–Trinajstić information content (AvgIpc) is 2.40. The normalized spacial score (nSPS) is 20.7. The zero-order valence-corrected chi connectivity index (χ0v) is 12.8. The number of alkyl halides is 2. The Balaban J connectivity index is 2.30. The van der Waals surface area contributed by atoms with Crippen LogP contribution in [0.3, 0.4) is 0 Å². The summed E-state index contributed by atoms with van der Waals surface area (Å²) in [7, 11) is -3.71. The monoisotopic (exact) mass is 340 g/mol. The lowest BCUT2D eigenvalue weighted by molar-refractivity contribution is -0.0498. The summed E-state index contributed by atoms with van der Waals surface area (Å²) in [6.45, 7) is 0.234. The van der Waals surface area contributed by atoms with E-state index >= 15 is 0 Å². The Kier molecular flexibility index (Phi) is 5.03. The molecule has 1 fully saturated rings. The topological polar surface area (TPSA) is 58.6 Å². The number of hydrogen-bond acceptors (Lipinski definition) is 4. The molecule has 1 atom stereocenters. The van der Waals surface area contributed by atoms with Crippen molar-refractivity contribution in [2.75, 3.05) is 19.6 Å². The predicted molar refractivity (Wildman–Crippen MR) is 74.3 cm³/mol. The number of rotatable bonds is 4. The minimum Gasteiger partial charge on any atom is -0.433 e. The van der Waals surface area contributed by atoms with Crippen molar-refractivity contribution in [2.24, 2.45) is 0 Å². The van der Waals surface area contributed by atoms with Crippen molar-refractivity contribution in [3.8, 4) is 5.75 Å². The average molecular weight is 341 g/mol. The maximum Gasteiger partial charge on any atom is 0.387 e. The molecule has 0 radical (unpaired) electrons. The van der Waals surface area contributed by atoms with Crippen molar-refractivity contribution in [1.82, 2.24) is 9.62 Å². The molecule has 118 valence electrons. The summed E-state index contributed by atoms with van der Waals surface area (Å²) in [6, 6.07) is 3.28. The largest absolute Gasteiger partial charge is 0.433 e. The molecule has 1 aliphatic heterocycles. The van der Waals surface area contributed by atoms with Crippen LogP contribution in [0.15, 0.2) is 23.1 Å². The maximum atomic E-state index is 12.5. The minimum absolute atomic E-state index is 0.0390. The van der Waals surface area contributed by atoms with E-state index < -0.39 is 16.6 Å². The van der Waals surface area contributed by atoms with Gasteiger partial charge < -0.3 is 10.1 Å². The van der Waals surface area contributed by atoms with Gasteiger partial charge in [0.05, 0.1) is 9.92 Å². The van der Waals surface area contributed by atoms with Gasteiger partial charge >= 0.3 is 6.61 Å². The Hall–Kier alpha value is -0.960. The number of nitrogens with zero attached hydrogens (tertiary/aromatic N) is 1. The highest BCUT2D eigenvalue weighted by Crippen LogP contribution is 2.30. The Morgan fingerprint density at radius 1 is 1.48 bits per heavy atom.